The molecule has 0 radical (unpaired) electrons. The van der Waals surface area contributed by atoms with Crippen LogP contribution in [0.15, 0.2) is 60.7 Å². The Labute approximate surface area is 194 Å². The van der Waals surface area contributed by atoms with Gasteiger partial charge in [0.05, 0.1) is 12.3 Å². The molecule has 1 aliphatic rings. The highest BCUT2D eigenvalue weighted by Gasteiger charge is 2.20. The van der Waals surface area contributed by atoms with Crippen LogP contribution in [0.4, 0.5) is 5.69 Å². The van der Waals surface area contributed by atoms with Crippen LogP contribution in [0.25, 0.3) is 10.8 Å². The molecule has 0 aliphatic carbocycles. The van der Waals surface area contributed by atoms with Gasteiger partial charge in [0.25, 0.3) is 11.8 Å². The molecule has 4 rings (SSSR count). The summed E-state index contributed by atoms with van der Waals surface area (Å²) in [5.41, 5.74) is 1.33. The first-order valence-corrected chi connectivity index (χ1v) is 11.5. The van der Waals surface area contributed by atoms with Gasteiger partial charge in [-0.1, -0.05) is 36.4 Å². The van der Waals surface area contributed by atoms with E-state index in [1.165, 1.54) is 6.42 Å². The van der Waals surface area contributed by atoms with Crippen LogP contribution in [0, 0.1) is 0 Å². The highest BCUT2D eigenvalue weighted by molar-refractivity contribution is 6.10. The predicted molar refractivity (Wildman–Crippen MR) is 130 cm³/mol. The van der Waals surface area contributed by atoms with Gasteiger partial charge in [0.1, 0.15) is 0 Å². The summed E-state index contributed by atoms with van der Waals surface area (Å²) in [7, 11) is 1.77. The Balaban J connectivity index is 1.52. The van der Waals surface area contributed by atoms with Crippen molar-refractivity contribution in [2.75, 3.05) is 38.3 Å². The molecule has 1 aliphatic heterocycles. The minimum absolute atomic E-state index is 0.0204. The zero-order valence-electron chi connectivity index (χ0n) is 19.3. The largest absolute Gasteiger partial charge is 0.490 e. The van der Waals surface area contributed by atoms with Crippen molar-refractivity contribution in [3.8, 4) is 11.5 Å². The normalized spacial score (nSPS) is 13.6. The van der Waals surface area contributed by atoms with Crippen LogP contribution in [-0.2, 0) is 4.79 Å². The van der Waals surface area contributed by atoms with Crippen LogP contribution in [0.5, 0.6) is 11.5 Å². The number of benzene rings is 3. The van der Waals surface area contributed by atoms with Gasteiger partial charge >= 0.3 is 0 Å². The van der Waals surface area contributed by atoms with Gasteiger partial charge in [-0.05, 0) is 55.8 Å². The molecule has 33 heavy (non-hydrogen) atoms. The molecule has 0 atom stereocenters. The lowest BCUT2D eigenvalue weighted by molar-refractivity contribution is -0.134. The van der Waals surface area contributed by atoms with Crippen molar-refractivity contribution >= 4 is 28.3 Å². The summed E-state index contributed by atoms with van der Waals surface area (Å²) < 4.78 is 11.5. The van der Waals surface area contributed by atoms with Crippen molar-refractivity contribution < 1.29 is 19.1 Å². The van der Waals surface area contributed by atoms with Gasteiger partial charge in [-0.3, -0.25) is 9.59 Å². The molecule has 0 N–H and O–H groups in total. The first-order chi connectivity index (χ1) is 16.1. The lowest BCUT2D eigenvalue weighted by Crippen LogP contribution is -2.38. The highest BCUT2D eigenvalue weighted by Crippen LogP contribution is 2.31. The third kappa shape index (κ3) is 5.11. The van der Waals surface area contributed by atoms with Crippen molar-refractivity contribution in [2.24, 2.45) is 0 Å². The molecule has 3 aromatic carbocycles. The monoisotopic (exact) mass is 446 g/mol. The number of anilines is 1. The molecular formula is C27H30N2O4. The van der Waals surface area contributed by atoms with Gasteiger partial charge in [0, 0.05) is 31.1 Å². The number of hydrogen-bond donors (Lipinski definition) is 0. The van der Waals surface area contributed by atoms with Gasteiger partial charge in [-0.25, -0.2) is 0 Å². The van der Waals surface area contributed by atoms with Crippen LogP contribution in [0.3, 0.4) is 0 Å². The van der Waals surface area contributed by atoms with Crippen molar-refractivity contribution in [2.45, 2.75) is 26.2 Å². The summed E-state index contributed by atoms with van der Waals surface area (Å²) in [4.78, 5) is 29.3. The van der Waals surface area contributed by atoms with Gasteiger partial charge in [-0.2, -0.15) is 0 Å². The van der Waals surface area contributed by atoms with E-state index in [0.29, 0.717) is 23.7 Å². The molecule has 0 bridgehead atoms. The number of likely N-dealkylation sites (tertiary alicyclic amines) is 1. The molecule has 2 amide bonds. The van der Waals surface area contributed by atoms with Gasteiger partial charge in [0.2, 0.25) is 0 Å². The number of ether oxygens (including phenoxy) is 2. The summed E-state index contributed by atoms with van der Waals surface area (Å²) in [6, 6.07) is 19.0. The van der Waals surface area contributed by atoms with E-state index in [9.17, 15) is 9.59 Å². The topological polar surface area (TPSA) is 59.1 Å². The molecule has 1 saturated heterocycles. The Morgan fingerprint density at radius 1 is 0.909 bits per heavy atom. The van der Waals surface area contributed by atoms with E-state index in [-0.39, 0.29) is 18.4 Å². The van der Waals surface area contributed by atoms with Crippen LogP contribution < -0.4 is 14.4 Å². The van der Waals surface area contributed by atoms with E-state index in [1.54, 1.807) is 30.1 Å². The fourth-order valence-electron chi connectivity index (χ4n) is 4.21. The van der Waals surface area contributed by atoms with E-state index in [2.05, 4.69) is 0 Å². The zero-order valence-corrected chi connectivity index (χ0v) is 19.3. The number of piperidine rings is 1. The number of rotatable bonds is 7. The maximum absolute atomic E-state index is 13.3. The van der Waals surface area contributed by atoms with E-state index in [0.717, 1.165) is 42.4 Å². The summed E-state index contributed by atoms with van der Waals surface area (Å²) in [6.07, 6.45) is 3.25. The maximum Gasteiger partial charge on any atom is 0.260 e. The molecule has 172 valence electrons. The van der Waals surface area contributed by atoms with Crippen LogP contribution in [0.1, 0.15) is 36.5 Å². The van der Waals surface area contributed by atoms with Gasteiger partial charge < -0.3 is 19.3 Å². The third-order valence-corrected chi connectivity index (χ3v) is 5.98. The number of nitrogens with zero attached hydrogens (tertiary/aromatic N) is 2. The Kier molecular flexibility index (Phi) is 7.13. The molecule has 1 fully saturated rings. The molecule has 0 unspecified atom stereocenters. The Morgan fingerprint density at radius 2 is 1.67 bits per heavy atom. The van der Waals surface area contributed by atoms with Crippen LogP contribution in [0.2, 0.25) is 0 Å². The first-order valence-electron chi connectivity index (χ1n) is 11.5. The van der Waals surface area contributed by atoms with E-state index in [4.69, 9.17) is 9.47 Å². The SMILES string of the molecule is CCOc1cc(C(=O)N(C)c2cccc3ccccc23)ccc1OCC(=O)N1CCCCC1. The van der Waals surface area contributed by atoms with Crippen molar-refractivity contribution in [1.29, 1.82) is 0 Å². The highest BCUT2D eigenvalue weighted by atomic mass is 16.5. The van der Waals surface area contributed by atoms with E-state index in [1.807, 2.05) is 54.3 Å². The number of carbonyl (C=O) groups excluding carboxylic acids is 2. The lowest BCUT2D eigenvalue weighted by atomic mass is 10.1. The average Bonchev–Trinajstić information content (AvgIpc) is 2.87. The van der Waals surface area contributed by atoms with Crippen molar-refractivity contribution in [1.82, 2.24) is 4.90 Å². The second-order valence-electron chi connectivity index (χ2n) is 8.19. The van der Waals surface area contributed by atoms with Gasteiger partial charge in [-0.15, -0.1) is 0 Å². The quantitative estimate of drug-likeness (QED) is 0.518. The molecule has 6 nitrogen and oxygen atoms in total. The van der Waals surface area contributed by atoms with Crippen LogP contribution in [-0.4, -0.2) is 50.1 Å². The lowest BCUT2D eigenvalue weighted by Gasteiger charge is -2.26. The Morgan fingerprint density at radius 3 is 2.45 bits per heavy atom. The average molecular weight is 447 g/mol. The minimum Gasteiger partial charge on any atom is -0.490 e. The molecule has 0 saturated carbocycles. The molecule has 1 heterocycles. The summed E-state index contributed by atoms with van der Waals surface area (Å²) in [5.74, 6) is 0.754. The fraction of sp³-hybridized carbons (Fsp3) is 0.333. The molecule has 6 heteroatoms. The molecular weight excluding hydrogens is 416 g/mol. The van der Waals surface area contributed by atoms with Crippen molar-refractivity contribution in [3.63, 3.8) is 0 Å². The second-order valence-corrected chi connectivity index (χ2v) is 8.19. The van der Waals surface area contributed by atoms with Crippen LogP contribution >= 0.6 is 0 Å². The number of carbonyl (C=O) groups is 2. The van der Waals surface area contributed by atoms with Gasteiger partial charge in [0.15, 0.2) is 18.1 Å². The Bertz CT molecular complexity index is 1130. The van der Waals surface area contributed by atoms with E-state index >= 15 is 0 Å². The third-order valence-electron chi connectivity index (χ3n) is 5.98. The smallest absolute Gasteiger partial charge is 0.260 e. The van der Waals surface area contributed by atoms with Crippen molar-refractivity contribution in [3.05, 3.63) is 66.2 Å². The minimum atomic E-state index is -0.150. The predicted octanol–water partition coefficient (Wildman–Crippen LogP) is 4.91. The Hall–Kier alpha value is -3.54. The maximum atomic E-state index is 13.3. The van der Waals surface area contributed by atoms with E-state index < -0.39 is 0 Å². The number of amides is 2. The second kappa shape index (κ2) is 10.4. The summed E-state index contributed by atoms with van der Waals surface area (Å²) in [5, 5.41) is 2.09. The fourth-order valence-corrected chi connectivity index (χ4v) is 4.21. The molecule has 0 spiro atoms. The standard InChI is InChI=1S/C27H30N2O4/c1-3-32-25-18-21(14-15-24(25)33-19-26(30)29-16-7-4-8-17-29)27(31)28(2)23-13-9-11-20-10-5-6-12-22(20)23/h5-6,9-15,18H,3-4,7-8,16-17,19H2,1-2H3. The summed E-state index contributed by atoms with van der Waals surface area (Å²) in [6.45, 7) is 3.83. The zero-order chi connectivity index (χ0) is 23.2. The number of hydrogen-bond acceptors (Lipinski definition) is 4. The first kappa shape index (κ1) is 22.6. The molecule has 3 aromatic rings. The molecule has 0 aromatic heterocycles. The summed E-state index contributed by atoms with van der Waals surface area (Å²) >= 11 is 0. The number of fused-ring (bicyclic) bond motifs is 1.